The average Bonchev–Trinajstić information content (AvgIpc) is 2.83. The summed E-state index contributed by atoms with van der Waals surface area (Å²) in [5.41, 5.74) is 3.26. The van der Waals surface area contributed by atoms with Crippen molar-refractivity contribution in [2.45, 2.75) is 32.8 Å². The summed E-state index contributed by atoms with van der Waals surface area (Å²) in [5, 5.41) is 2.68. The van der Waals surface area contributed by atoms with Crippen molar-refractivity contribution in [1.29, 1.82) is 0 Å². The van der Waals surface area contributed by atoms with E-state index in [2.05, 4.69) is 22.1 Å². The van der Waals surface area contributed by atoms with Gasteiger partial charge >= 0.3 is 6.09 Å². The first-order valence-electron chi connectivity index (χ1n) is 6.73. The smallest absolute Gasteiger partial charge is 0.407 e. The zero-order valence-electron chi connectivity index (χ0n) is 12.4. The third-order valence-electron chi connectivity index (χ3n) is 2.48. The Bertz CT molecular complexity index is 689. The van der Waals surface area contributed by atoms with E-state index in [4.69, 9.17) is 4.74 Å². The van der Waals surface area contributed by atoms with E-state index >= 15 is 0 Å². The van der Waals surface area contributed by atoms with Gasteiger partial charge < -0.3 is 10.1 Å². The van der Waals surface area contributed by atoms with Crippen molar-refractivity contribution in [2.24, 2.45) is 0 Å². The van der Waals surface area contributed by atoms with Gasteiger partial charge in [0.05, 0.1) is 15.7 Å². The Morgan fingerprint density at radius 3 is 3.00 bits per heavy atom. The number of nitrogens with one attached hydrogen (secondary N) is 1. The number of fused-ring (bicyclic) bond motifs is 1. The van der Waals surface area contributed by atoms with Crippen molar-refractivity contribution in [3.63, 3.8) is 0 Å². The second-order valence-electron chi connectivity index (χ2n) is 5.52. The minimum atomic E-state index is -0.474. The Hall–Kier alpha value is -2.06. The van der Waals surface area contributed by atoms with Crippen LogP contribution in [-0.4, -0.2) is 23.2 Å². The molecule has 0 saturated heterocycles. The van der Waals surface area contributed by atoms with Gasteiger partial charge in [0.25, 0.3) is 0 Å². The lowest BCUT2D eigenvalue weighted by atomic mass is 10.2. The van der Waals surface area contributed by atoms with E-state index in [0.717, 1.165) is 15.8 Å². The number of thiazole rings is 1. The summed E-state index contributed by atoms with van der Waals surface area (Å²) in [6.07, 6.45) is 0.169. The van der Waals surface area contributed by atoms with Gasteiger partial charge in [-0.2, -0.15) is 0 Å². The molecule has 1 amide bonds. The minimum Gasteiger partial charge on any atom is -0.444 e. The molecule has 1 N–H and O–H groups in total. The van der Waals surface area contributed by atoms with Gasteiger partial charge in [0.15, 0.2) is 0 Å². The first-order valence-corrected chi connectivity index (χ1v) is 7.61. The Morgan fingerprint density at radius 1 is 1.43 bits per heavy atom. The quantitative estimate of drug-likeness (QED) is 0.681. The molecule has 0 saturated carbocycles. The van der Waals surface area contributed by atoms with Gasteiger partial charge in [0.2, 0.25) is 0 Å². The van der Waals surface area contributed by atoms with E-state index in [9.17, 15) is 4.79 Å². The molecule has 0 aliphatic rings. The van der Waals surface area contributed by atoms with Crippen LogP contribution in [-0.2, 0) is 4.74 Å². The molecule has 2 rings (SSSR count). The third-order valence-corrected chi connectivity index (χ3v) is 3.29. The molecule has 0 aliphatic carbocycles. The number of aromatic nitrogens is 1. The average molecular weight is 302 g/mol. The van der Waals surface area contributed by atoms with Crippen molar-refractivity contribution < 1.29 is 9.53 Å². The predicted octanol–water partition coefficient (Wildman–Crippen LogP) is 3.56. The first-order chi connectivity index (χ1) is 9.94. The molecule has 0 spiro atoms. The number of rotatable bonds is 2. The summed E-state index contributed by atoms with van der Waals surface area (Å²) < 4.78 is 6.30. The van der Waals surface area contributed by atoms with E-state index < -0.39 is 11.7 Å². The maximum atomic E-state index is 11.4. The molecule has 5 heteroatoms. The Morgan fingerprint density at radius 2 is 2.24 bits per heavy atom. The normalized spacial score (nSPS) is 10.8. The van der Waals surface area contributed by atoms with Gasteiger partial charge in [-0.1, -0.05) is 11.8 Å². The highest BCUT2D eigenvalue weighted by atomic mass is 32.1. The number of carbonyl (C=O) groups is 1. The van der Waals surface area contributed by atoms with E-state index in [1.54, 1.807) is 11.3 Å². The van der Waals surface area contributed by atoms with Gasteiger partial charge in [0.1, 0.15) is 5.60 Å². The van der Waals surface area contributed by atoms with Crippen LogP contribution in [0.25, 0.3) is 10.2 Å². The molecule has 0 unspecified atom stereocenters. The van der Waals surface area contributed by atoms with Crippen LogP contribution in [0.2, 0.25) is 0 Å². The fourth-order valence-corrected chi connectivity index (χ4v) is 2.30. The van der Waals surface area contributed by atoms with Crippen LogP contribution in [0, 0.1) is 11.8 Å². The molecule has 4 nitrogen and oxygen atoms in total. The SMILES string of the molecule is CC(C)(C)OC(=O)NCCC#Cc1ccc2scnc2c1. The minimum absolute atomic E-state index is 0.409. The first kappa shape index (κ1) is 15.3. The summed E-state index contributed by atoms with van der Waals surface area (Å²) >= 11 is 1.61. The lowest BCUT2D eigenvalue weighted by Crippen LogP contribution is -2.32. The highest BCUT2D eigenvalue weighted by Gasteiger charge is 2.15. The number of carbonyl (C=O) groups excluding carboxylic acids is 1. The number of nitrogens with zero attached hydrogens (tertiary/aromatic N) is 1. The molecule has 1 heterocycles. The van der Waals surface area contributed by atoms with Crippen LogP contribution >= 0.6 is 11.3 Å². The lowest BCUT2D eigenvalue weighted by Gasteiger charge is -2.19. The van der Waals surface area contributed by atoms with Crippen LogP contribution in [0.1, 0.15) is 32.8 Å². The molecule has 1 aromatic heterocycles. The summed E-state index contributed by atoms with van der Waals surface area (Å²) in [7, 11) is 0. The highest BCUT2D eigenvalue weighted by Crippen LogP contribution is 2.18. The van der Waals surface area contributed by atoms with Crippen LogP contribution in [0.15, 0.2) is 23.7 Å². The van der Waals surface area contributed by atoms with Gasteiger partial charge in [-0.3, -0.25) is 0 Å². The highest BCUT2D eigenvalue weighted by molar-refractivity contribution is 7.16. The molecule has 21 heavy (non-hydrogen) atoms. The van der Waals surface area contributed by atoms with Gasteiger partial charge in [-0.15, -0.1) is 11.3 Å². The van der Waals surface area contributed by atoms with Crippen LogP contribution in [0.4, 0.5) is 4.79 Å². The lowest BCUT2D eigenvalue weighted by molar-refractivity contribution is 0.0529. The number of ether oxygens (including phenoxy) is 1. The molecular formula is C16H18N2O2S. The van der Waals surface area contributed by atoms with Crippen molar-refractivity contribution in [1.82, 2.24) is 10.3 Å². The van der Waals surface area contributed by atoms with Gasteiger partial charge in [0, 0.05) is 18.5 Å². The zero-order valence-corrected chi connectivity index (χ0v) is 13.2. The molecule has 2 aromatic rings. The summed E-state index contributed by atoms with van der Waals surface area (Å²) in [6.45, 7) is 5.98. The molecule has 1 aromatic carbocycles. The second kappa shape index (κ2) is 6.59. The van der Waals surface area contributed by atoms with Crippen molar-refractivity contribution in [3.05, 3.63) is 29.3 Å². The number of amides is 1. The van der Waals surface area contributed by atoms with Gasteiger partial charge in [-0.25, -0.2) is 9.78 Å². The van der Waals surface area contributed by atoms with Crippen molar-refractivity contribution in [3.8, 4) is 11.8 Å². The van der Waals surface area contributed by atoms with Crippen molar-refractivity contribution >= 4 is 27.6 Å². The van der Waals surface area contributed by atoms with Crippen LogP contribution in [0.5, 0.6) is 0 Å². The molecular weight excluding hydrogens is 284 g/mol. The maximum absolute atomic E-state index is 11.4. The molecule has 110 valence electrons. The predicted molar refractivity (Wildman–Crippen MR) is 85.4 cm³/mol. The van der Waals surface area contributed by atoms with E-state index in [1.807, 2.05) is 44.5 Å². The number of benzene rings is 1. The topological polar surface area (TPSA) is 51.2 Å². The van der Waals surface area contributed by atoms with Crippen LogP contribution < -0.4 is 5.32 Å². The summed E-state index contributed by atoms with van der Waals surface area (Å²) in [6, 6.07) is 5.98. The Balaban J connectivity index is 1.80. The Labute approximate surface area is 128 Å². The summed E-state index contributed by atoms with van der Waals surface area (Å²) in [5.74, 6) is 6.10. The molecule has 0 radical (unpaired) electrons. The van der Waals surface area contributed by atoms with Crippen molar-refractivity contribution in [2.75, 3.05) is 6.54 Å². The second-order valence-corrected chi connectivity index (χ2v) is 6.40. The molecule has 0 fully saturated rings. The van der Waals surface area contributed by atoms with E-state index in [-0.39, 0.29) is 0 Å². The number of hydrogen-bond donors (Lipinski definition) is 1. The monoisotopic (exact) mass is 302 g/mol. The molecule has 0 bridgehead atoms. The largest absolute Gasteiger partial charge is 0.444 e. The van der Waals surface area contributed by atoms with E-state index in [1.165, 1.54) is 0 Å². The summed E-state index contributed by atoms with van der Waals surface area (Å²) in [4.78, 5) is 15.7. The van der Waals surface area contributed by atoms with Gasteiger partial charge in [-0.05, 0) is 39.0 Å². The van der Waals surface area contributed by atoms with E-state index in [0.29, 0.717) is 13.0 Å². The standard InChI is InChI=1S/C16H18N2O2S/c1-16(2,3)20-15(19)17-9-5-4-6-12-7-8-14-13(10-12)18-11-21-14/h7-8,10-11H,5,9H2,1-3H3,(H,17,19). The molecule has 0 atom stereocenters. The number of alkyl carbamates (subject to hydrolysis) is 1. The number of hydrogen-bond acceptors (Lipinski definition) is 4. The third kappa shape index (κ3) is 5.09. The van der Waals surface area contributed by atoms with Crippen LogP contribution in [0.3, 0.4) is 0 Å². The Kier molecular flexibility index (Phi) is 4.81. The fourth-order valence-electron chi connectivity index (χ4n) is 1.64. The maximum Gasteiger partial charge on any atom is 0.407 e. The molecule has 0 aliphatic heterocycles. The fraction of sp³-hybridized carbons (Fsp3) is 0.375. The zero-order chi connectivity index (χ0) is 15.3.